The summed E-state index contributed by atoms with van der Waals surface area (Å²) in [7, 11) is 0. The Morgan fingerprint density at radius 3 is 2.90 bits per heavy atom. The third-order valence-corrected chi connectivity index (χ3v) is 4.64. The molecule has 0 bridgehead atoms. The topological polar surface area (TPSA) is 21.3 Å². The molecule has 2 heterocycles. The molecule has 21 heavy (non-hydrogen) atoms. The normalized spacial score (nSPS) is 17.3. The van der Waals surface area contributed by atoms with Crippen LogP contribution in [0.25, 0.3) is 0 Å². The molecular weight excluding hydrogens is 278 g/mol. The van der Waals surface area contributed by atoms with E-state index in [1.54, 1.807) is 11.3 Å². The van der Waals surface area contributed by atoms with E-state index in [4.69, 9.17) is 4.74 Å². The molecule has 0 amide bonds. The second-order valence-corrected chi connectivity index (χ2v) is 7.38. The minimum Gasteiger partial charge on any atom is -0.487 e. The highest BCUT2D eigenvalue weighted by atomic mass is 32.1. The molecule has 112 valence electrons. The van der Waals surface area contributed by atoms with E-state index in [0.717, 1.165) is 25.1 Å². The van der Waals surface area contributed by atoms with Gasteiger partial charge in [-0.3, -0.25) is 0 Å². The van der Waals surface area contributed by atoms with Gasteiger partial charge in [-0.2, -0.15) is 11.3 Å². The Hall–Kier alpha value is -1.32. The van der Waals surface area contributed by atoms with Crippen LogP contribution in [0, 0.1) is 0 Å². The SMILES string of the molecule is CC(Cc1ccsc1)NCc1ccc2c(c1)CC(C)(C)O2. The zero-order chi connectivity index (χ0) is 14.9. The van der Waals surface area contributed by atoms with Gasteiger partial charge in [-0.1, -0.05) is 12.1 Å². The predicted octanol–water partition coefficient (Wildman–Crippen LogP) is 4.18. The molecule has 2 aromatic rings. The summed E-state index contributed by atoms with van der Waals surface area (Å²) in [6, 6.07) is 9.27. The second-order valence-electron chi connectivity index (χ2n) is 6.60. The Balaban J connectivity index is 1.57. The Bertz CT molecular complexity index is 604. The van der Waals surface area contributed by atoms with Crippen LogP contribution >= 0.6 is 11.3 Å². The van der Waals surface area contributed by atoms with Gasteiger partial charge in [-0.05, 0) is 66.8 Å². The summed E-state index contributed by atoms with van der Waals surface area (Å²) >= 11 is 1.77. The van der Waals surface area contributed by atoms with Crippen molar-refractivity contribution in [3.63, 3.8) is 0 Å². The first-order chi connectivity index (χ1) is 10.0. The molecule has 1 N–H and O–H groups in total. The average Bonchev–Trinajstić information content (AvgIpc) is 3.01. The van der Waals surface area contributed by atoms with Crippen molar-refractivity contribution in [1.29, 1.82) is 0 Å². The highest BCUT2D eigenvalue weighted by Gasteiger charge is 2.29. The smallest absolute Gasteiger partial charge is 0.123 e. The van der Waals surface area contributed by atoms with E-state index < -0.39 is 0 Å². The number of nitrogens with one attached hydrogen (secondary N) is 1. The van der Waals surface area contributed by atoms with Crippen LogP contribution in [-0.4, -0.2) is 11.6 Å². The summed E-state index contributed by atoms with van der Waals surface area (Å²) in [5.74, 6) is 1.05. The van der Waals surface area contributed by atoms with Crippen molar-refractivity contribution in [1.82, 2.24) is 5.32 Å². The second kappa shape index (κ2) is 5.82. The zero-order valence-electron chi connectivity index (χ0n) is 13.0. The number of fused-ring (bicyclic) bond motifs is 1. The van der Waals surface area contributed by atoms with E-state index in [1.807, 2.05) is 0 Å². The van der Waals surface area contributed by atoms with Crippen molar-refractivity contribution >= 4 is 11.3 Å². The van der Waals surface area contributed by atoms with Gasteiger partial charge in [0.1, 0.15) is 11.4 Å². The van der Waals surface area contributed by atoms with Crippen LogP contribution in [0.2, 0.25) is 0 Å². The number of thiophene rings is 1. The molecule has 1 aliphatic heterocycles. The number of hydrogen-bond donors (Lipinski definition) is 1. The lowest BCUT2D eigenvalue weighted by atomic mass is 10.00. The quantitative estimate of drug-likeness (QED) is 0.894. The van der Waals surface area contributed by atoms with Crippen molar-refractivity contribution in [3.8, 4) is 5.75 Å². The number of benzene rings is 1. The highest BCUT2D eigenvalue weighted by Crippen LogP contribution is 2.35. The Morgan fingerprint density at radius 1 is 1.29 bits per heavy atom. The molecule has 1 aliphatic rings. The van der Waals surface area contributed by atoms with Gasteiger partial charge in [0.2, 0.25) is 0 Å². The Kier molecular flexibility index (Phi) is 4.05. The molecule has 1 unspecified atom stereocenters. The third kappa shape index (κ3) is 3.66. The van der Waals surface area contributed by atoms with Crippen molar-refractivity contribution in [3.05, 3.63) is 51.7 Å². The molecule has 1 aromatic carbocycles. The van der Waals surface area contributed by atoms with Crippen LogP contribution in [0.5, 0.6) is 5.75 Å². The molecule has 0 aliphatic carbocycles. The monoisotopic (exact) mass is 301 g/mol. The molecule has 1 aromatic heterocycles. The van der Waals surface area contributed by atoms with Crippen LogP contribution in [0.15, 0.2) is 35.0 Å². The van der Waals surface area contributed by atoms with Gasteiger partial charge in [-0.15, -0.1) is 0 Å². The van der Waals surface area contributed by atoms with Crippen LogP contribution in [0.4, 0.5) is 0 Å². The van der Waals surface area contributed by atoms with Gasteiger partial charge >= 0.3 is 0 Å². The fraction of sp³-hybridized carbons (Fsp3) is 0.444. The van der Waals surface area contributed by atoms with E-state index in [9.17, 15) is 0 Å². The van der Waals surface area contributed by atoms with E-state index >= 15 is 0 Å². The summed E-state index contributed by atoms with van der Waals surface area (Å²) < 4.78 is 5.93. The molecule has 3 rings (SSSR count). The van der Waals surface area contributed by atoms with Crippen LogP contribution in [-0.2, 0) is 19.4 Å². The largest absolute Gasteiger partial charge is 0.487 e. The molecule has 3 heteroatoms. The van der Waals surface area contributed by atoms with Gasteiger partial charge < -0.3 is 10.1 Å². The van der Waals surface area contributed by atoms with Crippen molar-refractivity contribution < 1.29 is 4.74 Å². The molecule has 0 radical (unpaired) electrons. The van der Waals surface area contributed by atoms with Crippen LogP contribution < -0.4 is 10.1 Å². The van der Waals surface area contributed by atoms with Crippen LogP contribution in [0.1, 0.15) is 37.5 Å². The van der Waals surface area contributed by atoms with Gasteiger partial charge in [-0.25, -0.2) is 0 Å². The Morgan fingerprint density at radius 2 is 2.14 bits per heavy atom. The number of rotatable bonds is 5. The fourth-order valence-corrected chi connectivity index (χ4v) is 3.58. The van der Waals surface area contributed by atoms with Gasteiger partial charge in [0, 0.05) is 19.0 Å². The first-order valence-electron chi connectivity index (χ1n) is 7.57. The predicted molar refractivity (Wildman–Crippen MR) is 89.2 cm³/mol. The molecule has 0 fully saturated rings. The minimum atomic E-state index is -0.0549. The Labute approximate surface area is 131 Å². The summed E-state index contributed by atoms with van der Waals surface area (Å²) in [6.07, 6.45) is 2.09. The maximum atomic E-state index is 5.93. The first-order valence-corrected chi connectivity index (χ1v) is 8.51. The molecular formula is C18H23NOS. The molecule has 0 saturated carbocycles. The zero-order valence-corrected chi connectivity index (χ0v) is 13.8. The maximum Gasteiger partial charge on any atom is 0.123 e. The van der Waals surface area contributed by atoms with E-state index in [0.29, 0.717) is 6.04 Å². The summed E-state index contributed by atoms with van der Waals surface area (Å²) in [4.78, 5) is 0. The number of ether oxygens (including phenoxy) is 1. The minimum absolute atomic E-state index is 0.0549. The molecule has 2 nitrogen and oxygen atoms in total. The van der Waals surface area contributed by atoms with E-state index in [2.05, 4.69) is 61.1 Å². The summed E-state index contributed by atoms with van der Waals surface area (Å²) in [5, 5.41) is 7.99. The van der Waals surface area contributed by atoms with E-state index in [-0.39, 0.29) is 5.60 Å². The number of hydrogen-bond acceptors (Lipinski definition) is 3. The maximum absolute atomic E-state index is 5.93. The van der Waals surface area contributed by atoms with Crippen molar-refractivity contribution in [2.45, 2.75) is 51.8 Å². The molecule has 0 spiro atoms. The average molecular weight is 301 g/mol. The van der Waals surface area contributed by atoms with Crippen molar-refractivity contribution in [2.24, 2.45) is 0 Å². The molecule has 1 atom stereocenters. The third-order valence-electron chi connectivity index (χ3n) is 3.90. The summed E-state index contributed by atoms with van der Waals surface area (Å²) in [5.41, 5.74) is 4.04. The van der Waals surface area contributed by atoms with Crippen LogP contribution in [0.3, 0.4) is 0 Å². The fourth-order valence-electron chi connectivity index (χ4n) is 2.90. The van der Waals surface area contributed by atoms with Gasteiger partial charge in [0.05, 0.1) is 0 Å². The summed E-state index contributed by atoms with van der Waals surface area (Å²) in [6.45, 7) is 7.46. The molecule has 0 saturated heterocycles. The van der Waals surface area contributed by atoms with Crippen molar-refractivity contribution in [2.75, 3.05) is 0 Å². The van der Waals surface area contributed by atoms with Gasteiger partial charge in [0.15, 0.2) is 0 Å². The lowest BCUT2D eigenvalue weighted by molar-refractivity contribution is 0.138. The standard InChI is InChI=1S/C18H23NOS/c1-13(8-15-6-7-21-12-15)19-11-14-4-5-17-16(9-14)10-18(2,3)20-17/h4-7,9,12-13,19H,8,10-11H2,1-3H3. The van der Waals surface area contributed by atoms with Gasteiger partial charge in [0.25, 0.3) is 0 Å². The lowest BCUT2D eigenvalue weighted by Gasteiger charge is -2.16. The lowest BCUT2D eigenvalue weighted by Crippen LogP contribution is -2.27. The van der Waals surface area contributed by atoms with E-state index in [1.165, 1.54) is 16.7 Å². The first kappa shape index (κ1) is 14.6. The highest BCUT2D eigenvalue weighted by molar-refractivity contribution is 7.07.